The molecule has 14 heavy (non-hydrogen) atoms. The summed E-state index contributed by atoms with van der Waals surface area (Å²) in [4.78, 5) is 0. The van der Waals surface area contributed by atoms with Crippen molar-refractivity contribution < 1.29 is 0 Å². The molecule has 0 heterocycles. The lowest BCUT2D eigenvalue weighted by Gasteiger charge is -2.36. The maximum absolute atomic E-state index is 4.81. The fourth-order valence-electron chi connectivity index (χ4n) is 2.61. The van der Waals surface area contributed by atoms with Crippen LogP contribution in [0.4, 0.5) is 0 Å². The second kappa shape index (κ2) is 3.30. The van der Waals surface area contributed by atoms with Gasteiger partial charge in [-0.2, -0.15) is 12.6 Å². The second-order valence-corrected chi connectivity index (χ2v) is 5.74. The van der Waals surface area contributed by atoms with Crippen LogP contribution >= 0.6 is 12.6 Å². The quantitative estimate of drug-likeness (QED) is 0.609. The van der Waals surface area contributed by atoms with Gasteiger partial charge in [-0.15, -0.1) is 0 Å². The Hall–Kier alpha value is -0.430. The van der Waals surface area contributed by atoms with Crippen LogP contribution in [0.5, 0.6) is 0 Å². The number of aryl methyl sites for hydroxylation is 1. The molecule has 1 aliphatic carbocycles. The Bertz CT molecular complexity index is 352. The highest BCUT2D eigenvalue weighted by Crippen LogP contribution is 2.46. The molecule has 0 aromatic heterocycles. The van der Waals surface area contributed by atoms with Gasteiger partial charge in [-0.1, -0.05) is 25.1 Å². The first kappa shape index (κ1) is 10.1. The van der Waals surface area contributed by atoms with Crippen molar-refractivity contribution in [2.45, 2.75) is 44.3 Å². The van der Waals surface area contributed by atoms with Crippen LogP contribution in [0, 0.1) is 6.92 Å². The summed E-state index contributed by atoms with van der Waals surface area (Å²) < 4.78 is 0.0766. The summed E-state index contributed by atoms with van der Waals surface area (Å²) in [5.41, 5.74) is 4.38. The first-order valence-electron chi connectivity index (χ1n) is 5.35. The van der Waals surface area contributed by atoms with Gasteiger partial charge in [0.2, 0.25) is 0 Å². The first-order valence-corrected chi connectivity index (χ1v) is 5.79. The van der Waals surface area contributed by atoms with Gasteiger partial charge in [0.25, 0.3) is 0 Å². The van der Waals surface area contributed by atoms with Gasteiger partial charge in [-0.3, -0.25) is 0 Å². The fraction of sp³-hybridized carbons (Fsp3) is 0.538. The molecule has 0 saturated carbocycles. The summed E-state index contributed by atoms with van der Waals surface area (Å²) in [7, 11) is 0. The standard InChI is InChI=1S/C13H18S/c1-9-7-8-13(3,14)12-10(2)5-4-6-11(9)12/h4-6,9,14H,7-8H2,1-3H3/t9?,13-/m1/s1. The van der Waals surface area contributed by atoms with Crippen molar-refractivity contribution in [3.05, 3.63) is 34.9 Å². The third-order valence-electron chi connectivity index (χ3n) is 3.44. The lowest BCUT2D eigenvalue weighted by atomic mass is 9.76. The average molecular weight is 206 g/mol. The van der Waals surface area contributed by atoms with Crippen molar-refractivity contribution in [3.63, 3.8) is 0 Å². The zero-order chi connectivity index (χ0) is 10.3. The Kier molecular flexibility index (Phi) is 2.38. The van der Waals surface area contributed by atoms with Gasteiger partial charge >= 0.3 is 0 Å². The average Bonchev–Trinajstić information content (AvgIpc) is 2.12. The van der Waals surface area contributed by atoms with E-state index < -0.39 is 0 Å². The monoisotopic (exact) mass is 206 g/mol. The van der Waals surface area contributed by atoms with E-state index in [1.54, 1.807) is 0 Å². The summed E-state index contributed by atoms with van der Waals surface area (Å²) >= 11 is 4.81. The van der Waals surface area contributed by atoms with Crippen molar-refractivity contribution in [1.29, 1.82) is 0 Å². The summed E-state index contributed by atoms with van der Waals surface area (Å²) in [5.74, 6) is 0.699. The van der Waals surface area contributed by atoms with Crippen LogP contribution in [0.3, 0.4) is 0 Å². The normalized spacial score (nSPS) is 31.3. The van der Waals surface area contributed by atoms with E-state index in [-0.39, 0.29) is 4.75 Å². The van der Waals surface area contributed by atoms with Crippen molar-refractivity contribution in [1.82, 2.24) is 0 Å². The van der Waals surface area contributed by atoms with Crippen LogP contribution in [0.1, 0.15) is 49.3 Å². The number of fused-ring (bicyclic) bond motifs is 1. The lowest BCUT2D eigenvalue weighted by Crippen LogP contribution is -2.24. The zero-order valence-electron chi connectivity index (χ0n) is 9.17. The number of benzene rings is 1. The third-order valence-corrected chi connectivity index (χ3v) is 3.89. The zero-order valence-corrected chi connectivity index (χ0v) is 10.1. The van der Waals surface area contributed by atoms with Gasteiger partial charge in [0.15, 0.2) is 0 Å². The maximum atomic E-state index is 4.81. The highest BCUT2D eigenvalue weighted by atomic mass is 32.1. The van der Waals surface area contributed by atoms with Crippen LogP contribution in [0.25, 0.3) is 0 Å². The number of hydrogen-bond acceptors (Lipinski definition) is 1. The van der Waals surface area contributed by atoms with E-state index >= 15 is 0 Å². The van der Waals surface area contributed by atoms with Crippen LogP contribution in [0.15, 0.2) is 18.2 Å². The molecule has 0 fully saturated rings. The lowest BCUT2D eigenvalue weighted by molar-refractivity contribution is 0.494. The molecule has 2 atom stereocenters. The first-order chi connectivity index (χ1) is 6.52. The van der Waals surface area contributed by atoms with Gasteiger partial charge in [-0.25, -0.2) is 0 Å². The smallest absolute Gasteiger partial charge is 0.0355 e. The Labute approximate surface area is 92.1 Å². The Morgan fingerprint density at radius 1 is 1.43 bits per heavy atom. The van der Waals surface area contributed by atoms with E-state index in [0.717, 1.165) is 0 Å². The van der Waals surface area contributed by atoms with Crippen LogP contribution in [0.2, 0.25) is 0 Å². The number of rotatable bonds is 0. The summed E-state index contributed by atoms with van der Waals surface area (Å²) in [6, 6.07) is 6.63. The minimum Gasteiger partial charge on any atom is -0.168 e. The molecule has 1 aliphatic rings. The van der Waals surface area contributed by atoms with Gasteiger partial charge in [-0.05, 0) is 49.3 Å². The molecule has 76 valence electrons. The minimum atomic E-state index is 0.0766. The van der Waals surface area contributed by atoms with E-state index in [9.17, 15) is 0 Å². The Morgan fingerprint density at radius 3 is 2.79 bits per heavy atom. The van der Waals surface area contributed by atoms with Crippen molar-refractivity contribution in [2.75, 3.05) is 0 Å². The fourth-order valence-corrected chi connectivity index (χ4v) is 3.05. The Balaban J connectivity index is 2.64. The molecule has 0 spiro atoms. The number of thiol groups is 1. The van der Waals surface area contributed by atoms with E-state index in [1.807, 2.05) is 0 Å². The largest absolute Gasteiger partial charge is 0.168 e. The van der Waals surface area contributed by atoms with Gasteiger partial charge in [0, 0.05) is 4.75 Å². The second-order valence-electron chi connectivity index (χ2n) is 4.75. The summed E-state index contributed by atoms with van der Waals surface area (Å²) in [6.45, 7) is 6.76. The molecule has 0 nitrogen and oxygen atoms in total. The van der Waals surface area contributed by atoms with E-state index in [4.69, 9.17) is 12.6 Å². The predicted octanol–water partition coefficient (Wildman–Crippen LogP) is 4.04. The van der Waals surface area contributed by atoms with Crippen LogP contribution < -0.4 is 0 Å². The molecule has 1 unspecified atom stereocenters. The SMILES string of the molecule is Cc1cccc2c1[C@](C)(S)CCC2C. The molecule has 0 radical (unpaired) electrons. The molecular formula is C13H18S. The molecule has 0 bridgehead atoms. The number of hydrogen-bond donors (Lipinski definition) is 1. The van der Waals surface area contributed by atoms with Gasteiger partial charge in [0.1, 0.15) is 0 Å². The minimum absolute atomic E-state index is 0.0766. The molecule has 2 rings (SSSR count). The molecule has 1 aromatic rings. The van der Waals surface area contributed by atoms with E-state index in [2.05, 4.69) is 39.0 Å². The molecule has 0 amide bonds. The molecule has 0 saturated heterocycles. The molecule has 1 heteroatoms. The predicted molar refractivity (Wildman–Crippen MR) is 65.2 cm³/mol. The summed E-state index contributed by atoms with van der Waals surface area (Å²) in [5, 5.41) is 0. The summed E-state index contributed by atoms with van der Waals surface area (Å²) in [6.07, 6.45) is 2.45. The molecule has 1 aromatic carbocycles. The molecule has 0 aliphatic heterocycles. The van der Waals surface area contributed by atoms with Crippen LogP contribution in [-0.4, -0.2) is 0 Å². The van der Waals surface area contributed by atoms with Gasteiger partial charge in [0.05, 0.1) is 0 Å². The molecular weight excluding hydrogens is 188 g/mol. The topological polar surface area (TPSA) is 0 Å². The third kappa shape index (κ3) is 1.48. The Morgan fingerprint density at radius 2 is 2.14 bits per heavy atom. The maximum Gasteiger partial charge on any atom is 0.0355 e. The van der Waals surface area contributed by atoms with Crippen molar-refractivity contribution >= 4 is 12.6 Å². The van der Waals surface area contributed by atoms with Crippen molar-refractivity contribution in [3.8, 4) is 0 Å². The van der Waals surface area contributed by atoms with Crippen molar-refractivity contribution in [2.24, 2.45) is 0 Å². The highest BCUT2D eigenvalue weighted by Gasteiger charge is 2.32. The van der Waals surface area contributed by atoms with E-state index in [0.29, 0.717) is 5.92 Å². The van der Waals surface area contributed by atoms with Gasteiger partial charge < -0.3 is 0 Å². The van der Waals surface area contributed by atoms with Crippen LogP contribution in [-0.2, 0) is 4.75 Å². The van der Waals surface area contributed by atoms with E-state index in [1.165, 1.54) is 29.5 Å². The molecule has 0 N–H and O–H groups in total. The highest BCUT2D eigenvalue weighted by molar-refractivity contribution is 7.81.